The largest absolute Gasteiger partial charge is 0.369 e. The molecule has 0 N–H and O–H groups in total. The van der Waals surface area contributed by atoms with Crippen LogP contribution in [0.2, 0.25) is 0 Å². The van der Waals surface area contributed by atoms with Crippen molar-refractivity contribution in [3.8, 4) is 0 Å². The summed E-state index contributed by atoms with van der Waals surface area (Å²) < 4.78 is 1.11. The van der Waals surface area contributed by atoms with Crippen molar-refractivity contribution in [2.75, 3.05) is 25.0 Å². The third kappa shape index (κ3) is 2.08. The van der Waals surface area contributed by atoms with Crippen molar-refractivity contribution in [2.45, 2.75) is 31.3 Å². The van der Waals surface area contributed by atoms with Crippen LogP contribution >= 0.6 is 15.9 Å². The first-order valence-electron chi connectivity index (χ1n) is 6.32. The molecule has 3 heterocycles. The van der Waals surface area contributed by atoms with E-state index in [1.54, 1.807) is 0 Å². The van der Waals surface area contributed by atoms with E-state index in [9.17, 15) is 0 Å². The van der Waals surface area contributed by atoms with Gasteiger partial charge in [0.25, 0.3) is 0 Å². The van der Waals surface area contributed by atoms with Gasteiger partial charge in [-0.2, -0.15) is 0 Å². The number of anilines is 1. The molecule has 0 aliphatic carbocycles. The Hall–Kier alpha value is -0.610. The molecule has 0 amide bonds. The van der Waals surface area contributed by atoms with Gasteiger partial charge >= 0.3 is 0 Å². The molecule has 3 nitrogen and oxygen atoms in total. The molecule has 2 unspecified atom stereocenters. The molecule has 17 heavy (non-hydrogen) atoms. The third-order valence-electron chi connectivity index (χ3n) is 4.24. The lowest BCUT2D eigenvalue weighted by Gasteiger charge is -2.28. The fraction of sp³-hybridized carbons (Fsp3) is 0.615. The number of likely N-dealkylation sites (N-methyl/N-ethyl adjacent to an activating group) is 1. The second-order valence-corrected chi connectivity index (χ2v) is 5.97. The van der Waals surface area contributed by atoms with Crippen molar-refractivity contribution in [3.05, 3.63) is 22.9 Å². The molecule has 2 atom stereocenters. The Labute approximate surface area is 111 Å². The van der Waals surface area contributed by atoms with Crippen LogP contribution < -0.4 is 4.90 Å². The summed E-state index contributed by atoms with van der Waals surface area (Å²) in [6, 6.07) is 3.64. The molecular weight excluding hydrogens is 278 g/mol. The number of hydrogen-bond donors (Lipinski definition) is 0. The normalized spacial score (nSPS) is 29.4. The predicted octanol–water partition coefficient (Wildman–Crippen LogP) is 2.52. The highest BCUT2D eigenvalue weighted by atomic mass is 79.9. The Balaban J connectivity index is 1.84. The van der Waals surface area contributed by atoms with E-state index < -0.39 is 0 Å². The first-order valence-corrected chi connectivity index (χ1v) is 7.11. The molecule has 1 aromatic rings. The van der Waals surface area contributed by atoms with Gasteiger partial charge in [-0.1, -0.05) is 0 Å². The van der Waals surface area contributed by atoms with E-state index in [1.165, 1.54) is 24.9 Å². The Morgan fingerprint density at radius 1 is 1.29 bits per heavy atom. The summed E-state index contributed by atoms with van der Waals surface area (Å²) in [5.74, 6) is 0. The van der Waals surface area contributed by atoms with Crippen LogP contribution in [0.4, 0.5) is 5.69 Å². The van der Waals surface area contributed by atoms with E-state index in [0.717, 1.165) is 29.6 Å². The highest BCUT2D eigenvalue weighted by Crippen LogP contribution is 2.33. The predicted molar refractivity (Wildman–Crippen MR) is 73.3 cm³/mol. The van der Waals surface area contributed by atoms with E-state index in [1.807, 2.05) is 12.4 Å². The van der Waals surface area contributed by atoms with E-state index in [4.69, 9.17) is 0 Å². The molecule has 2 fully saturated rings. The number of nitrogens with zero attached hydrogens (tertiary/aromatic N) is 3. The Morgan fingerprint density at radius 2 is 2.12 bits per heavy atom. The van der Waals surface area contributed by atoms with Gasteiger partial charge in [-0.05, 0) is 48.3 Å². The number of hydrogen-bond acceptors (Lipinski definition) is 3. The summed E-state index contributed by atoms with van der Waals surface area (Å²) >= 11 is 3.61. The maximum atomic E-state index is 4.14. The van der Waals surface area contributed by atoms with Crippen molar-refractivity contribution in [2.24, 2.45) is 0 Å². The molecule has 2 saturated heterocycles. The highest BCUT2D eigenvalue weighted by Gasteiger charge is 2.34. The molecule has 2 bridgehead atoms. The van der Waals surface area contributed by atoms with Crippen LogP contribution in [-0.4, -0.2) is 42.1 Å². The minimum Gasteiger partial charge on any atom is -0.369 e. The molecule has 0 spiro atoms. The first-order chi connectivity index (χ1) is 8.25. The maximum Gasteiger partial charge on any atom is 0.0592 e. The van der Waals surface area contributed by atoms with Gasteiger partial charge in [-0.25, -0.2) is 0 Å². The molecule has 2 aliphatic rings. The van der Waals surface area contributed by atoms with Gasteiger partial charge in [0.15, 0.2) is 0 Å². The minimum atomic E-state index is 0.725. The van der Waals surface area contributed by atoms with Crippen LogP contribution in [0.15, 0.2) is 22.9 Å². The van der Waals surface area contributed by atoms with Crippen LogP contribution in [0, 0.1) is 0 Å². The van der Waals surface area contributed by atoms with Gasteiger partial charge in [0.1, 0.15) is 0 Å². The fourth-order valence-electron chi connectivity index (χ4n) is 3.15. The topological polar surface area (TPSA) is 19.4 Å². The molecular formula is C13H18BrN3. The minimum absolute atomic E-state index is 0.725. The van der Waals surface area contributed by atoms with Crippen LogP contribution in [0.3, 0.4) is 0 Å². The van der Waals surface area contributed by atoms with E-state index in [-0.39, 0.29) is 0 Å². The van der Waals surface area contributed by atoms with Gasteiger partial charge in [-0.15, -0.1) is 0 Å². The highest BCUT2D eigenvalue weighted by molar-refractivity contribution is 9.10. The van der Waals surface area contributed by atoms with Crippen LogP contribution in [0.5, 0.6) is 0 Å². The van der Waals surface area contributed by atoms with Gasteiger partial charge in [0, 0.05) is 37.6 Å². The number of aromatic nitrogens is 1. The average molecular weight is 296 g/mol. The van der Waals surface area contributed by atoms with Crippen molar-refractivity contribution in [1.29, 1.82) is 0 Å². The fourth-order valence-corrected chi connectivity index (χ4v) is 3.65. The zero-order valence-corrected chi connectivity index (χ0v) is 11.7. The van der Waals surface area contributed by atoms with Crippen molar-refractivity contribution in [3.63, 3.8) is 0 Å². The molecule has 4 heteroatoms. The van der Waals surface area contributed by atoms with Gasteiger partial charge in [0.2, 0.25) is 0 Å². The second kappa shape index (κ2) is 4.58. The first kappa shape index (κ1) is 11.5. The standard InChI is InChI=1S/C13H18BrN3/c1-16-10-2-3-11(16)9-17(7-5-10)13-4-6-15-8-12(13)14/h4,6,8,10-11H,2-3,5,7,9H2,1H3. The maximum absolute atomic E-state index is 4.14. The van der Waals surface area contributed by atoms with E-state index >= 15 is 0 Å². The van der Waals surface area contributed by atoms with Gasteiger partial charge < -0.3 is 4.90 Å². The Kier molecular flexibility index (Phi) is 3.09. The zero-order valence-electron chi connectivity index (χ0n) is 10.1. The second-order valence-electron chi connectivity index (χ2n) is 5.11. The molecule has 0 radical (unpaired) electrons. The molecule has 2 aliphatic heterocycles. The number of halogens is 1. The number of rotatable bonds is 1. The van der Waals surface area contributed by atoms with Gasteiger partial charge in [-0.3, -0.25) is 9.88 Å². The lowest BCUT2D eigenvalue weighted by Crippen LogP contribution is -2.36. The van der Waals surface area contributed by atoms with Crippen LogP contribution in [-0.2, 0) is 0 Å². The van der Waals surface area contributed by atoms with Gasteiger partial charge in [0.05, 0.1) is 10.2 Å². The molecule has 3 rings (SSSR count). The monoisotopic (exact) mass is 295 g/mol. The molecule has 0 aromatic carbocycles. The summed E-state index contributed by atoms with van der Waals surface area (Å²) in [4.78, 5) is 9.23. The molecule has 92 valence electrons. The summed E-state index contributed by atoms with van der Waals surface area (Å²) in [5.41, 5.74) is 1.29. The Morgan fingerprint density at radius 3 is 2.94 bits per heavy atom. The van der Waals surface area contributed by atoms with Crippen molar-refractivity contribution in [1.82, 2.24) is 9.88 Å². The van der Waals surface area contributed by atoms with Crippen molar-refractivity contribution >= 4 is 21.6 Å². The van der Waals surface area contributed by atoms with E-state index in [2.05, 4.69) is 43.8 Å². The number of fused-ring (bicyclic) bond motifs is 2. The average Bonchev–Trinajstić information content (AvgIpc) is 2.55. The number of pyridine rings is 1. The lowest BCUT2D eigenvalue weighted by atomic mass is 10.1. The molecule has 1 aromatic heterocycles. The van der Waals surface area contributed by atoms with Crippen molar-refractivity contribution < 1.29 is 0 Å². The Bertz CT molecular complexity index is 409. The summed E-state index contributed by atoms with van der Waals surface area (Å²) in [5, 5.41) is 0. The third-order valence-corrected chi connectivity index (χ3v) is 4.85. The smallest absolute Gasteiger partial charge is 0.0592 e. The SMILES string of the molecule is CN1C2CCC1CN(c1ccncc1Br)CC2. The summed E-state index contributed by atoms with van der Waals surface area (Å²) in [6.45, 7) is 2.31. The van der Waals surface area contributed by atoms with Crippen LogP contribution in [0.25, 0.3) is 0 Å². The molecule has 0 saturated carbocycles. The summed E-state index contributed by atoms with van der Waals surface area (Å²) in [6.07, 6.45) is 7.78. The van der Waals surface area contributed by atoms with E-state index in [0.29, 0.717) is 0 Å². The summed E-state index contributed by atoms with van der Waals surface area (Å²) in [7, 11) is 2.29. The van der Waals surface area contributed by atoms with Crippen LogP contribution in [0.1, 0.15) is 19.3 Å². The zero-order chi connectivity index (χ0) is 11.8. The quantitative estimate of drug-likeness (QED) is 0.794. The lowest BCUT2D eigenvalue weighted by molar-refractivity contribution is 0.254.